The molecule has 7 nitrogen and oxygen atoms in total. The van der Waals surface area contributed by atoms with E-state index in [0.717, 1.165) is 39.5 Å². The van der Waals surface area contributed by atoms with Gasteiger partial charge in [0.2, 0.25) is 5.91 Å². The number of aromatic nitrogens is 4. The van der Waals surface area contributed by atoms with Crippen LogP contribution in [0.15, 0.2) is 54.6 Å². The fourth-order valence-electron chi connectivity index (χ4n) is 4.82. The molecule has 0 fully saturated rings. The highest BCUT2D eigenvalue weighted by Crippen LogP contribution is 2.43. The normalized spacial score (nSPS) is 15.2. The van der Waals surface area contributed by atoms with Crippen LogP contribution in [-0.2, 0) is 11.3 Å². The van der Waals surface area contributed by atoms with Crippen LogP contribution in [0, 0.1) is 26.6 Å². The van der Waals surface area contributed by atoms with Gasteiger partial charge in [-0.25, -0.2) is 14.4 Å². The van der Waals surface area contributed by atoms with Crippen LogP contribution < -0.4 is 9.64 Å². The lowest BCUT2D eigenvalue weighted by Gasteiger charge is -2.33. The molecule has 2 aromatic carbocycles. The first-order chi connectivity index (χ1) is 17.3. The van der Waals surface area contributed by atoms with Gasteiger partial charge in [0.05, 0.1) is 18.8 Å². The molecule has 2 aromatic heterocycles. The third-order valence-corrected chi connectivity index (χ3v) is 6.37. The van der Waals surface area contributed by atoms with Crippen molar-refractivity contribution in [3.05, 3.63) is 94.2 Å². The van der Waals surface area contributed by atoms with Crippen molar-refractivity contribution in [3.63, 3.8) is 0 Å². The topological polar surface area (TPSA) is 73.1 Å². The summed E-state index contributed by atoms with van der Waals surface area (Å²) in [6.45, 7) is 8.59. The molecule has 0 saturated heterocycles. The molecule has 0 saturated carbocycles. The van der Waals surface area contributed by atoms with E-state index in [4.69, 9.17) is 9.84 Å². The number of fused-ring (bicyclic) bond motifs is 1. The number of carbonyl (C=O) groups is 1. The molecule has 0 N–H and O–H groups in total. The highest BCUT2D eigenvalue weighted by atomic mass is 19.1. The molecule has 1 amide bonds. The number of rotatable bonds is 6. The predicted molar refractivity (Wildman–Crippen MR) is 135 cm³/mol. The molecule has 36 heavy (non-hydrogen) atoms. The summed E-state index contributed by atoms with van der Waals surface area (Å²) in [5.74, 6) is 1.32. The van der Waals surface area contributed by atoms with Crippen molar-refractivity contribution in [2.24, 2.45) is 0 Å². The minimum Gasteiger partial charge on any atom is -0.494 e. The quantitative estimate of drug-likeness (QED) is 0.376. The smallest absolute Gasteiger partial charge is 0.252 e. The summed E-state index contributed by atoms with van der Waals surface area (Å²) in [5, 5.41) is 4.82. The van der Waals surface area contributed by atoms with Crippen molar-refractivity contribution < 1.29 is 13.9 Å². The first kappa shape index (κ1) is 23.7. The highest BCUT2D eigenvalue weighted by Gasteiger charge is 2.38. The van der Waals surface area contributed by atoms with Crippen molar-refractivity contribution in [2.75, 3.05) is 11.5 Å². The molecule has 184 valence electrons. The molecule has 3 heterocycles. The fourth-order valence-corrected chi connectivity index (χ4v) is 4.82. The lowest BCUT2D eigenvalue weighted by molar-refractivity contribution is -0.119. The number of halogens is 1. The van der Waals surface area contributed by atoms with E-state index in [1.54, 1.807) is 21.7 Å². The van der Waals surface area contributed by atoms with E-state index >= 15 is 0 Å². The molecule has 0 bridgehead atoms. The number of nitrogens with zero attached hydrogens (tertiary/aromatic N) is 5. The van der Waals surface area contributed by atoms with Gasteiger partial charge in [-0.15, -0.1) is 0 Å². The molecule has 8 heteroatoms. The Bertz CT molecular complexity index is 1390. The van der Waals surface area contributed by atoms with Crippen LogP contribution in [0.4, 0.5) is 10.2 Å². The summed E-state index contributed by atoms with van der Waals surface area (Å²) in [6.07, 6.45) is 0.294. The van der Waals surface area contributed by atoms with Gasteiger partial charge in [-0.2, -0.15) is 9.78 Å². The second-order valence-corrected chi connectivity index (χ2v) is 9.05. The summed E-state index contributed by atoms with van der Waals surface area (Å²) in [4.78, 5) is 24.6. The number of hydrogen-bond acceptors (Lipinski definition) is 5. The minimum atomic E-state index is -0.315. The molecule has 0 aliphatic carbocycles. The van der Waals surface area contributed by atoms with Crippen molar-refractivity contribution >= 4 is 11.7 Å². The molecule has 0 radical (unpaired) electrons. The van der Waals surface area contributed by atoms with Crippen molar-refractivity contribution in [1.29, 1.82) is 0 Å². The van der Waals surface area contributed by atoms with E-state index < -0.39 is 0 Å². The zero-order valence-electron chi connectivity index (χ0n) is 20.8. The Morgan fingerprint density at radius 1 is 1.00 bits per heavy atom. The average Bonchev–Trinajstić information content (AvgIpc) is 3.19. The van der Waals surface area contributed by atoms with Crippen LogP contribution in [0.3, 0.4) is 0 Å². The summed E-state index contributed by atoms with van der Waals surface area (Å²) >= 11 is 0. The minimum absolute atomic E-state index is 0.0452. The number of benzene rings is 2. The zero-order valence-corrected chi connectivity index (χ0v) is 20.8. The van der Waals surface area contributed by atoms with E-state index in [2.05, 4.69) is 9.97 Å². The van der Waals surface area contributed by atoms with Crippen LogP contribution >= 0.6 is 0 Å². The second-order valence-electron chi connectivity index (χ2n) is 9.05. The first-order valence-corrected chi connectivity index (χ1v) is 12.0. The summed E-state index contributed by atoms with van der Waals surface area (Å²) in [6, 6.07) is 16.0. The fraction of sp³-hybridized carbons (Fsp3) is 0.286. The van der Waals surface area contributed by atoms with Crippen LogP contribution in [0.2, 0.25) is 0 Å². The Balaban J connectivity index is 1.66. The van der Waals surface area contributed by atoms with Gasteiger partial charge in [0.1, 0.15) is 17.4 Å². The summed E-state index contributed by atoms with van der Waals surface area (Å²) in [7, 11) is 0. The standard InChI is InChI=1S/C28H28FN5O2/c1-5-36-23-12-8-21(9-13-23)24-15-25(35)33(16-20-6-10-22(29)11-7-20)27-26(24)19(4)32-34(27)28-30-17(2)14-18(3)31-28/h6-14,24H,5,15-16H2,1-4H3. The lowest BCUT2D eigenvalue weighted by atomic mass is 9.85. The van der Waals surface area contributed by atoms with Gasteiger partial charge >= 0.3 is 0 Å². The molecular weight excluding hydrogens is 457 g/mol. The largest absolute Gasteiger partial charge is 0.494 e. The predicted octanol–water partition coefficient (Wildman–Crippen LogP) is 5.19. The van der Waals surface area contributed by atoms with E-state index in [1.165, 1.54) is 12.1 Å². The van der Waals surface area contributed by atoms with Gasteiger partial charge in [0.25, 0.3) is 5.95 Å². The molecular formula is C28H28FN5O2. The highest BCUT2D eigenvalue weighted by molar-refractivity contribution is 5.97. The Morgan fingerprint density at radius 2 is 1.67 bits per heavy atom. The Labute approximate surface area is 209 Å². The maximum Gasteiger partial charge on any atom is 0.252 e. The van der Waals surface area contributed by atoms with Crippen LogP contribution in [0.5, 0.6) is 5.75 Å². The number of aryl methyl sites for hydroxylation is 3. The van der Waals surface area contributed by atoms with E-state index in [-0.39, 0.29) is 24.2 Å². The van der Waals surface area contributed by atoms with Crippen molar-refractivity contribution in [2.45, 2.75) is 46.6 Å². The Morgan fingerprint density at radius 3 is 2.31 bits per heavy atom. The van der Waals surface area contributed by atoms with Crippen molar-refractivity contribution in [3.8, 4) is 11.7 Å². The number of hydrogen-bond donors (Lipinski definition) is 0. The van der Waals surface area contributed by atoms with E-state index in [9.17, 15) is 9.18 Å². The molecule has 0 spiro atoms. The van der Waals surface area contributed by atoms with Gasteiger partial charge in [0, 0.05) is 29.3 Å². The van der Waals surface area contributed by atoms with Crippen LogP contribution in [-0.4, -0.2) is 32.3 Å². The Hall–Kier alpha value is -4.07. The third kappa shape index (κ3) is 4.46. The van der Waals surface area contributed by atoms with Gasteiger partial charge in [-0.3, -0.25) is 9.69 Å². The number of anilines is 1. The molecule has 4 aromatic rings. The summed E-state index contributed by atoms with van der Waals surface area (Å²) in [5.41, 5.74) is 5.23. The molecule has 5 rings (SSSR count). The van der Waals surface area contributed by atoms with Gasteiger partial charge < -0.3 is 4.74 Å². The molecule has 1 unspecified atom stereocenters. The lowest BCUT2D eigenvalue weighted by Crippen LogP contribution is -2.38. The molecule has 1 aliphatic rings. The number of ether oxygens (including phenoxy) is 1. The molecule has 1 atom stereocenters. The van der Waals surface area contributed by atoms with Gasteiger partial charge in [0.15, 0.2) is 0 Å². The zero-order chi connectivity index (χ0) is 25.4. The van der Waals surface area contributed by atoms with Crippen LogP contribution in [0.25, 0.3) is 5.95 Å². The third-order valence-electron chi connectivity index (χ3n) is 6.37. The summed E-state index contributed by atoms with van der Waals surface area (Å²) < 4.78 is 20.8. The van der Waals surface area contributed by atoms with E-state index in [0.29, 0.717) is 24.8 Å². The maximum absolute atomic E-state index is 13.7. The SMILES string of the molecule is CCOc1ccc(C2CC(=O)N(Cc3ccc(F)cc3)c3c2c(C)nn3-c2nc(C)cc(C)n2)cc1. The number of carbonyl (C=O) groups excluding carboxylic acids is 1. The van der Waals surface area contributed by atoms with Gasteiger partial charge in [-0.05, 0) is 69.2 Å². The van der Waals surface area contributed by atoms with Gasteiger partial charge in [-0.1, -0.05) is 24.3 Å². The van der Waals surface area contributed by atoms with E-state index in [1.807, 2.05) is 58.0 Å². The second kappa shape index (κ2) is 9.53. The monoisotopic (exact) mass is 485 g/mol. The van der Waals surface area contributed by atoms with Crippen LogP contribution in [0.1, 0.15) is 53.0 Å². The Kier molecular flexibility index (Phi) is 6.26. The molecule has 1 aliphatic heterocycles. The number of amides is 1. The average molecular weight is 486 g/mol. The van der Waals surface area contributed by atoms with Crippen molar-refractivity contribution in [1.82, 2.24) is 19.7 Å². The first-order valence-electron chi connectivity index (χ1n) is 12.0. The maximum atomic E-state index is 13.7.